The van der Waals surface area contributed by atoms with E-state index in [4.69, 9.17) is 0 Å². The molecule has 0 unspecified atom stereocenters. The molecule has 0 aromatic carbocycles. The van der Waals surface area contributed by atoms with Crippen LogP contribution in [0.25, 0.3) is 5.65 Å². The van der Waals surface area contributed by atoms with Gasteiger partial charge in [0.05, 0.1) is 24.1 Å². The zero-order chi connectivity index (χ0) is 10.8. The Hall–Kier alpha value is -2.30. The maximum atomic E-state index is 4.48. The van der Waals surface area contributed by atoms with Crippen LogP contribution in [0.5, 0.6) is 0 Å². The van der Waals surface area contributed by atoms with Crippen LogP contribution in [0.2, 0.25) is 0 Å². The number of anilines is 1. The highest BCUT2D eigenvalue weighted by Gasteiger charge is 2.00. The highest BCUT2D eigenvalue weighted by Crippen LogP contribution is 2.07. The van der Waals surface area contributed by atoms with Crippen LogP contribution in [0.3, 0.4) is 0 Å². The number of aromatic nitrogens is 4. The van der Waals surface area contributed by atoms with E-state index in [1.165, 1.54) is 0 Å². The molecule has 0 aliphatic rings. The summed E-state index contributed by atoms with van der Waals surface area (Å²) in [5.74, 6) is 0. The van der Waals surface area contributed by atoms with Crippen LogP contribution in [0.15, 0.2) is 43.0 Å². The van der Waals surface area contributed by atoms with E-state index in [0.29, 0.717) is 6.54 Å². The van der Waals surface area contributed by atoms with Crippen LogP contribution in [-0.2, 0) is 6.54 Å². The average molecular weight is 213 g/mol. The first kappa shape index (κ1) is 8.96. The maximum Gasteiger partial charge on any atom is 0.137 e. The van der Waals surface area contributed by atoms with Crippen LogP contribution in [0, 0.1) is 0 Å². The summed E-state index contributed by atoms with van der Waals surface area (Å²) in [5.41, 5.74) is 2.94. The molecule has 2 N–H and O–H groups in total. The van der Waals surface area contributed by atoms with Gasteiger partial charge in [0.25, 0.3) is 0 Å². The van der Waals surface area contributed by atoms with Crippen LogP contribution < -0.4 is 5.32 Å². The molecule has 0 radical (unpaired) electrons. The Labute approximate surface area is 92.1 Å². The summed E-state index contributed by atoms with van der Waals surface area (Å²) >= 11 is 0. The fourth-order valence-corrected chi connectivity index (χ4v) is 1.61. The lowest BCUT2D eigenvalue weighted by atomic mass is 10.4. The lowest BCUT2D eigenvalue weighted by Crippen LogP contribution is -1.98. The molecule has 0 amide bonds. The van der Waals surface area contributed by atoms with Crippen LogP contribution >= 0.6 is 0 Å². The van der Waals surface area contributed by atoms with E-state index in [-0.39, 0.29) is 0 Å². The molecule has 3 rings (SSSR count). The second-order valence-electron chi connectivity index (χ2n) is 3.54. The molecule has 3 aromatic heterocycles. The van der Waals surface area contributed by atoms with Crippen molar-refractivity contribution in [2.45, 2.75) is 6.54 Å². The van der Waals surface area contributed by atoms with E-state index in [0.717, 1.165) is 17.0 Å². The first-order valence-electron chi connectivity index (χ1n) is 5.07. The van der Waals surface area contributed by atoms with E-state index in [1.54, 1.807) is 6.20 Å². The molecular formula is C11H11N5. The topological polar surface area (TPSA) is 58.0 Å². The van der Waals surface area contributed by atoms with Gasteiger partial charge in [-0.2, -0.15) is 5.10 Å². The summed E-state index contributed by atoms with van der Waals surface area (Å²) in [6, 6.07) is 5.96. The molecule has 0 aliphatic carbocycles. The summed E-state index contributed by atoms with van der Waals surface area (Å²) in [5, 5.41) is 9.85. The summed E-state index contributed by atoms with van der Waals surface area (Å²) in [6.45, 7) is 0.696. The fraction of sp³-hybridized carbons (Fsp3) is 0.0909. The van der Waals surface area contributed by atoms with Crippen molar-refractivity contribution in [3.63, 3.8) is 0 Å². The Morgan fingerprint density at radius 1 is 1.38 bits per heavy atom. The normalized spacial score (nSPS) is 10.8. The number of hydrogen-bond acceptors (Lipinski definition) is 3. The minimum atomic E-state index is 0.696. The number of H-pyrrole nitrogens is 1. The van der Waals surface area contributed by atoms with Crippen molar-refractivity contribution in [2.24, 2.45) is 0 Å². The molecule has 0 saturated carbocycles. The summed E-state index contributed by atoms with van der Waals surface area (Å²) in [7, 11) is 0. The number of nitrogens with zero attached hydrogens (tertiary/aromatic N) is 3. The third-order valence-corrected chi connectivity index (χ3v) is 2.39. The lowest BCUT2D eigenvalue weighted by molar-refractivity contribution is 1.08. The second-order valence-corrected chi connectivity index (χ2v) is 3.54. The zero-order valence-corrected chi connectivity index (χ0v) is 8.59. The molecular weight excluding hydrogens is 202 g/mol. The Bertz CT molecular complexity index is 548. The van der Waals surface area contributed by atoms with Crippen molar-refractivity contribution < 1.29 is 0 Å². The van der Waals surface area contributed by atoms with Gasteiger partial charge in [-0.1, -0.05) is 6.07 Å². The molecule has 0 spiro atoms. The molecule has 5 nitrogen and oxygen atoms in total. The Balaban J connectivity index is 1.79. The number of aromatic amines is 1. The number of nitrogens with one attached hydrogen (secondary N) is 2. The lowest BCUT2D eigenvalue weighted by Gasteiger charge is -1.97. The van der Waals surface area contributed by atoms with Gasteiger partial charge in [0.15, 0.2) is 0 Å². The van der Waals surface area contributed by atoms with Crippen molar-refractivity contribution in [3.8, 4) is 0 Å². The number of fused-ring (bicyclic) bond motifs is 1. The average Bonchev–Trinajstić information content (AvgIpc) is 2.95. The van der Waals surface area contributed by atoms with Gasteiger partial charge >= 0.3 is 0 Å². The van der Waals surface area contributed by atoms with Crippen molar-refractivity contribution in [3.05, 3.63) is 48.7 Å². The first-order chi connectivity index (χ1) is 7.92. The third kappa shape index (κ3) is 1.63. The molecule has 80 valence electrons. The molecule has 5 heteroatoms. The molecule has 0 atom stereocenters. The monoisotopic (exact) mass is 213 g/mol. The molecule has 0 aliphatic heterocycles. The predicted molar refractivity (Wildman–Crippen MR) is 61.1 cm³/mol. The SMILES string of the molecule is c1ccn2cc(CNc3cn[nH]c3)nc2c1. The number of hydrogen-bond donors (Lipinski definition) is 2. The summed E-state index contributed by atoms with van der Waals surface area (Å²) < 4.78 is 2.01. The maximum absolute atomic E-state index is 4.48. The highest BCUT2D eigenvalue weighted by atomic mass is 15.1. The number of pyridine rings is 1. The minimum absolute atomic E-state index is 0.696. The van der Waals surface area contributed by atoms with Crippen LogP contribution in [0.1, 0.15) is 5.69 Å². The van der Waals surface area contributed by atoms with Gasteiger partial charge in [-0.15, -0.1) is 0 Å². The standard InChI is InChI=1S/C11H11N5/c1-2-4-16-8-10(15-11(16)3-1)5-12-9-6-13-14-7-9/h1-4,6-8,12H,5H2,(H,13,14). The van der Waals surface area contributed by atoms with Gasteiger partial charge in [-0.05, 0) is 12.1 Å². The van der Waals surface area contributed by atoms with Gasteiger partial charge in [0.1, 0.15) is 5.65 Å². The first-order valence-corrected chi connectivity index (χ1v) is 5.07. The van der Waals surface area contributed by atoms with Crippen molar-refractivity contribution in [1.82, 2.24) is 19.6 Å². The van der Waals surface area contributed by atoms with E-state index in [9.17, 15) is 0 Å². The molecule has 3 heterocycles. The third-order valence-electron chi connectivity index (χ3n) is 2.39. The second kappa shape index (κ2) is 3.69. The van der Waals surface area contributed by atoms with Gasteiger partial charge in [0.2, 0.25) is 0 Å². The molecule has 3 aromatic rings. The van der Waals surface area contributed by atoms with Gasteiger partial charge in [-0.25, -0.2) is 4.98 Å². The Kier molecular flexibility index (Phi) is 2.07. The van der Waals surface area contributed by atoms with E-state index in [2.05, 4.69) is 20.5 Å². The van der Waals surface area contributed by atoms with Gasteiger partial charge in [0, 0.05) is 18.6 Å². The van der Waals surface area contributed by atoms with E-state index in [1.807, 2.05) is 41.2 Å². The predicted octanol–water partition coefficient (Wildman–Crippen LogP) is 1.67. The number of rotatable bonds is 3. The van der Waals surface area contributed by atoms with Crippen LogP contribution in [-0.4, -0.2) is 19.6 Å². The highest BCUT2D eigenvalue weighted by molar-refractivity contribution is 5.42. The zero-order valence-electron chi connectivity index (χ0n) is 8.59. The van der Waals surface area contributed by atoms with Gasteiger partial charge < -0.3 is 9.72 Å². The van der Waals surface area contributed by atoms with E-state index < -0.39 is 0 Å². The summed E-state index contributed by atoms with van der Waals surface area (Å²) in [6.07, 6.45) is 7.57. The quantitative estimate of drug-likeness (QED) is 0.695. The summed E-state index contributed by atoms with van der Waals surface area (Å²) in [4.78, 5) is 4.48. The van der Waals surface area contributed by atoms with Crippen LogP contribution in [0.4, 0.5) is 5.69 Å². The molecule has 0 fully saturated rings. The fourth-order valence-electron chi connectivity index (χ4n) is 1.61. The number of imidazole rings is 1. The van der Waals surface area contributed by atoms with Crippen molar-refractivity contribution in [2.75, 3.05) is 5.32 Å². The van der Waals surface area contributed by atoms with Gasteiger partial charge in [-0.3, -0.25) is 5.10 Å². The Morgan fingerprint density at radius 3 is 3.19 bits per heavy atom. The largest absolute Gasteiger partial charge is 0.377 e. The van der Waals surface area contributed by atoms with E-state index >= 15 is 0 Å². The van der Waals surface area contributed by atoms with Crippen molar-refractivity contribution >= 4 is 11.3 Å². The molecule has 0 bridgehead atoms. The minimum Gasteiger partial charge on any atom is -0.377 e. The Morgan fingerprint density at radius 2 is 2.38 bits per heavy atom. The smallest absolute Gasteiger partial charge is 0.137 e. The molecule has 0 saturated heterocycles. The van der Waals surface area contributed by atoms with Crippen molar-refractivity contribution in [1.29, 1.82) is 0 Å². The molecule has 16 heavy (non-hydrogen) atoms.